The van der Waals surface area contributed by atoms with Gasteiger partial charge in [-0.05, 0) is 44.9 Å². The number of piperidine rings is 1. The number of aromatic nitrogens is 2. The topological polar surface area (TPSA) is 107 Å². The molecule has 2 fully saturated rings. The van der Waals surface area contributed by atoms with E-state index in [2.05, 4.69) is 32.4 Å². The number of nitrogens with zero attached hydrogens (tertiary/aromatic N) is 3. The van der Waals surface area contributed by atoms with Crippen LogP contribution in [0.3, 0.4) is 0 Å². The Labute approximate surface area is 159 Å². The molecule has 3 rings (SSSR count). The molecule has 1 saturated carbocycles. The summed E-state index contributed by atoms with van der Waals surface area (Å²) in [6.45, 7) is 3.74. The zero-order valence-corrected chi connectivity index (χ0v) is 15.9. The van der Waals surface area contributed by atoms with Crippen molar-refractivity contribution in [3.63, 3.8) is 0 Å². The number of anilines is 1. The summed E-state index contributed by atoms with van der Waals surface area (Å²) in [6, 6.07) is 2.00. The van der Waals surface area contributed by atoms with Crippen molar-refractivity contribution in [2.75, 3.05) is 18.0 Å². The molecule has 1 unspecified atom stereocenters. The summed E-state index contributed by atoms with van der Waals surface area (Å²) < 4.78 is 0. The molecule has 1 aliphatic carbocycles. The maximum atomic E-state index is 12.4. The third kappa shape index (κ3) is 5.30. The molecular weight excluding hydrogens is 346 g/mol. The van der Waals surface area contributed by atoms with Crippen LogP contribution in [0.15, 0.2) is 12.4 Å². The van der Waals surface area contributed by atoms with Crippen molar-refractivity contribution in [1.29, 1.82) is 0 Å². The highest BCUT2D eigenvalue weighted by molar-refractivity contribution is 5.75. The molecule has 0 bridgehead atoms. The summed E-state index contributed by atoms with van der Waals surface area (Å²) in [7, 11) is 0. The number of carbonyl (C=O) groups is 2. The molecule has 2 amide bonds. The third-order valence-corrected chi connectivity index (χ3v) is 5.56. The molecular formula is C19H29N5O3. The lowest BCUT2D eigenvalue weighted by molar-refractivity contribution is -0.142. The second kappa shape index (κ2) is 9.01. The van der Waals surface area contributed by atoms with Crippen molar-refractivity contribution in [2.45, 2.75) is 64.0 Å². The Kier molecular flexibility index (Phi) is 6.47. The van der Waals surface area contributed by atoms with Crippen LogP contribution in [0.1, 0.15) is 51.1 Å². The van der Waals surface area contributed by atoms with Gasteiger partial charge in [-0.15, -0.1) is 0 Å². The summed E-state index contributed by atoms with van der Waals surface area (Å²) in [5, 5.41) is 15.1. The largest absolute Gasteiger partial charge is 0.481 e. The first-order valence-electron chi connectivity index (χ1n) is 9.91. The van der Waals surface area contributed by atoms with Gasteiger partial charge in [0.15, 0.2) is 0 Å². The predicted octanol–water partition coefficient (Wildman–Crippen LogP) is 1.95. The quantitative estimate of drug-likeness (QED) is 0.726. The summed E-state index contributed by atoms with van der Waals surface area (Å²) in [5.74, 6) is -0.0733. The van der Waals surface area contributed by atoms with Crippen LogP contribution in [0.25, 0.3) is 0 Å². The lowest BCUT2D eigenvalue weighted by atomic mass is 9.86. The molecule has 1 aromatic heterocycles. The van der Waals surface area contributed by atoms with Gasteiger partial charge in [-0.2, -0.15) is 0 Å². The van der Waals surface area contributed by atoms with E-state index >= 15 is 0 Å². The molecule has 2 heterocycles. The average Bonchev–Trinajstić information content (AvgIpc) is 2.68. The molecule has 8 nitrogen and oxygen atoms in total. The highest BCUT2D eigenvalue weighted by Crippen LogP contribution is 2.24. The average molecular weight is 375 g/mol. The second-order valence-electron chi connectivity index (χ2n) is 7.51. The van der Waals surface area contributed by atoms with E-state index in [1.54, 1.807) is 6.33 Å². The van der Waals surface area contributed by atoms with Crippen molar-refractivity contribution in [3.05, 3.63) is 18.1 Å². The van der Waals surface area contributed by atoms with E-state index in [0.29, 0.717) is 12.8 Å². The molecule has 27 heavy (non-hydrogen) atoms. The summed E-state index contributed by atoms with van der Waals surface area (Å²) in [5.41, 5.74) is 1.02. The van der Waals surface area contributed by atoms with Gasteiger partial charge in [0, 0.05) is 36.9 Å². The van der Waals surface area contributed by atoms with Crippen LogP contribution in [0.2, 0.25) is 0 Å². The number of rotatable bonds is 5. The van der Waals surface area contributed by atoms with Crippen molar-refractivity contribution >= 4 is 17.8 Å². The molecule has 3 N–H and O–H groups in total. The van der Waals surface area contributed by atoms with E-state index in [4.69, 9.17) is 5.11 Å². The number of hydrogen-bond donors (Lipinski definition) is 3. The van der Waals surface area contributed by atoms with Crippen LogP contribution in [0, 0.1) is 5.92 Å². The van der Waals surface area contributed by atoms with E-state index in [1.807, 2.05) is 6.07 Å². The minimum Gasteiger partial charge on any atom is -0.481 e. The van der Waals surface area contributed by atoms with E-state index in [-0.39, 0.29) is 24.0 Å². The van der Waals surface area contributed by atoms with Gasteiger partial charge in [-0.1, -0.05) is 6.92 Å². The van der Waals surface area contributed by atoms with Crippen molar-refractivity contribution in [1.82, 2.24) is 20.6 Å². The SMILES string of the molecule is CCc1cc(N2CCCC(NC(=O)NC3CCC(C(=O)O)CC3)C2)ncn1. The smallest absolute Gasteiger partial charge is 0.315 e. The van der Waals surface area contributed by atoms with Gasteiger partial charge < -0.3 is 20.6 Å². The maximum absolute atomic E-state index is 12.4. The second-order valence-corrected chi connectivity index (χ2v) is 7.51. The van der Waals surface area contributed by atoms with Gasteiger partial charge >= 0.3 is 12.0 Å². The first kappa shape index (κ1) is 19.4. The van der Waals surface area contributed by atoms with E-state index in [9.17, 15) is 9.59 Å². The van der Waals surface area contributed by atoms with E-state index in [0.717, 1.165) is 56.7 Å². The van der Waals surface area contributed by atoms with Gasteiger partial charge in [0.25, 0.3) is 0 Å². The number of aryl methyl sites for hydroxylation is 1. The molecule has 148 valence electrons. The Hall–Kier alpha value is -2.38. The Morgan fingerprint density at radius 3 is 2.59 bits per heavy atom. The minimum atomic E-state index is -0.726. The highest BCUT2D eigenvalue weighted by atomic mass is 16.4. The van der Waals surface area contributed by atoms with Gasteiger partial charge in [-0.25, -0.2) is 14.8 Å². The third-order valence-electron chi connectivity index (χ3n) is 5.56. The van der Waals surface area contributed by atoms with Gasteiger partial charge in [0.1, 0.15) is 12.1 Å². The van der Waals surface area contributed by atoms with Crippen LogP contribution in [0.5, 0.6) is 0 Å². The number of carboxylic acid groups (broad SMARTS) is 1. The molecule has 2 aliphatic rings. The number of aliphatic carboxylic acids is 1. The van der Waals surface area contributed by atoms with Gasteiger partial charge in [0.05, 0.1) is 5.92 Å². The van der Waals surface area contributed by atoms with Crippen LogP contribution < -0.4 is 15.5 Å². The predicted molar refractivity (Wildman–Crippen MR) is 102 cm³/mol. The Bertz CT molecular complexity index is 661. The molecule has 0 spiro atoms. The number of hydrogen-bond acceptors (Lipinski definition) is 5. The number of carboxylic acids is 1. The first-order valence-corrected chi connectivity index (χ1v) is 9.91. The molecule has 1 saturated heterocycles. The van der Waals surface area contributed by atoms with Crippen LogP contribution in [-0.2, 0) is 11.2 Å². The molecule has 1 aromatic rings. The first-order chi connectivity index (χ1) is 13.0. The summed E-state index contributed by atoms with van der Waals surface area (Å²) >= 11 is 0. The molecule has 0 aromatic carbocycles. The number of carbonyl (C=O) groups excluding carboxylic acids is 1. The Morgan fingerprint density at radius 1 is 1.15 bits per heavy atom. The molecule has 1 atom stereocenters. The highest BCUT2D eigenvalue weighted by Gasteiger charge is 2.28. The normalized spacial score (nSPS) is 25.7. The zero-order valence-electron chi connectivity index (χ0n) is 15.9. The van der Waals surface area contributed by atoms with Crippen LogP contribution in [0.4, 0.5) is 10.6 Å². The monoisotopic (exact) mass is 375 g/mol. The number of amides is 2. The van der Waals surface area contributed by atoms with E-state index in [1.165, 1.54) is 0 Å². The minimum absolute atomic E-state index is 0.0641. The van der Waals surface area contributed by atoms with Crippen molar-refractivity contribution in [2.24, 2.45) is 5.92 Å². The lowest BCUT2D eigenvalue weighted by Gasteiger charge is -2.34. The zero-order chi connectivity index (χ0) is 19.2. The molecule has 1 aliphatic heterocycles. The lowest BCUT2D eigenvalue weighted by Crippen LogP contribution is -2.52. The fourth-order valence-corrected chi connectivity index (χ4v) is 3.95. The fourth-order valence-electron chi connectivity index (χ4n) is 3.95. The van der Waals surface area contributed by atoms with E-state index < -0.39 is 5.97 Å². The van der Waals surface area contributed by atoms with Crippen LogP contribution in [-0.4, -0.2) is 52.2 Å². The van der Waals surface area contributed by atoms with Crippen molar-refractivity contribution in [3.8, 4) is 0 Å². The van der Waals surface area contributed by atoms with Crippen LogP contribution >= 0.6 is 0 Å². The number of nitrogens with one attached hydrogen (secondary N) is 2. The molecule has 0 radical (unpaired) electrons. The number of urea groups is 1. The van der Waals surface area contributed by atoms with Gasteiger partial charge in [0.2, 0.25) is 0 Å². The standard InChI is InChI=1S/C19H29N5O3/c1-2-14-10-17(21-12-20-14)24-9-3-4-16(11-24)23-19(27)22-15-7-5-13(6-8-15)18(25)26/h10,12-13,15-16H,2-9,11H2,1H3,(H,25,26)(H2,22,23,27). The van der Waals surface area contributed by atoms with Gasteiger partial charge in [-0.3, -0.25) is 4.79 Å². The molecule has 8 heteroatoms. The fraction of sp³-hybridized carbons (Fsp3) is 0.684. The Morgan fingerprint density at radius 2 is 1.89 bits per heavy atom. The van der Waals surface area contributed by atoms with Crippen molar-refractivity contribution < 1.29 is 14.7 Å². The summed E-state index contributed by atoms with van der Waals surface area (Å²) in [4.78, 5) is 34.2. The summed E-state index contributed by atoms with van der Waals surface area (Å²) in [6.07, 6.45) is 7.13. The maximum Gasteiger partial charge on any atom is 0.315 e. The Balaban J connectivity index is 1.47.